The molecular formula is C14H11N3S2. The maximum absolute atomic E-state index is 5.52. The second-order valence-electron chi connectivity index (χ2n) is 4.09. The van der Waals surface area contributed by atoms with Crippen molar-refractivity contribution in [2.24, 2.45) is 5.73 Å². The van der Waals surface area contributed by atoms with Gasteiger partial charge in [0.05, 0.1) is 17.6 Å². The van der Waals surface area contributed by atoms with Crippen LogP contribution in [0.3, 0.4) is 0 Å². The van der Waals surface area contributed by atoms with Crippen molar-refractivity contribution in [3.63, 3.8) is 0 Å². The molecule has 0 unspecified atom stereocenters. The molecule has 94 valence electrons. The predicted molar refractivity (Wildman–Crippen MR) is 85.2 cm³/mol. The molecular weight excluding hydrogens is 274 g/mol. The average Bonchev–Trinajstić information content (AvgIpc) is 2.87. The molecule has 0 radical (unpaired) electrons. The van der Waals surface area contributed by atoms with Crippen LogP contribution in [-0.2, 0) is 0 Å². The highest BCUT2D eigenvalue weighted by Crippen LogP contribution is 2.25. The zero-order valence-electron chi connectivity index (χ0n) is 9.96. The molecule has 0 atom stereocenters. The summed E-state index contributed by atoms with van der Waals surface area (Å²) in [6.07, 6.45) is 1.73. The van der Waals surface area contributed by atoms with Crippen molar-refractivity contribution in [1.29, 1.82) is 0 Å². The number of fused-ring (bicyclic) bond motifs is 1. The molecule has 0 spiro atoms. The summed E-state index contributed by atoms with van der Waals surface area (Å²) in [5.74, 6) is 0. The van der Waals surface area contributed by atoms with Gasteiger partial charge in [0.2, 0.25) is 0 Å². The van der Waals surface area contributed by atoms with Gasteiger partial charge in [0.25, 0.3) is 0 Å². The van der Waals surface area contributed by atoms with Crippen LogP contribution in [0.25, 0.3) is 10.1 Å². The van der Waals surface area contributed by atoms with E-state index in [1.165, 1.54) is 10.1 Å². The highest BCUT2D eigenvalue weighted by atomic mass is 32.1. The van der Waals surface area contributed by atoms with Gasteiger partial charge in [-0.1, -0.05) is 12.2 Å². The van der Waals surface area contributed by atoms with E-state index in [1.807, 2.05) is 12.1 Å². The van der Waals surface area contributed by atoms with E-state index < -0.39 is 0 Å². The second kappa shape index (κ2) is 4.95. The van der Waals surface area contributed by atoms with E-state index in [2.05, 4.69) is 39.9 Å². The van der Waals surface area contributed by atoms with Crippen LogP contribution < -0.4 is 11.1 Å². The predicted octanol–water partition coefficient (Wildman–Crippen LogP) is 3.67. The molecule has 19 heavy (non-hydrogen) atoms. The molecule has 0 aliphatic rings. The summed E-state index contributed by atoms with van der Waals surface area (Å²) < 4.78 is 1.28. The van der Waals surface area contributed by atoms with Crippen LogP contribution in [0, 0.1) is 0 Å². The first-order chi connectivity index (χ1) is 9.22. The molecule has 0 saturated heterocycles. The highest BCUT2D eigenvalue weighted by Gasteiger charge is 2.00. The number of rotatable bonds is 3. The molecule has 2 heterocycles. The van der Waals surface area contributed by atoms with Gasteiger partial charge in [0.15, 0.2) is 0 Å². The number of pyridine rings is 1. The summed E-state index contributed by atoms with van der Waals surface area (Å²) in [5, 5.41) is 6.64. The Morgan fingerprint density at radius 3 is 2.74 bits per heavy atom. The minimum atomic E-state index is 0.311. The Morgan fingerprint density at radius 1 is 1.16 bits per heavy atom. The van der Waals surface area contributed by atoms with Gasteiger partial charge in [0, 0.05) is 10.4 Å². The van der Waals surface area contributed by atoms with Crippen molar-refractivity contribution < 1.29 is 0 Å². The highest BCUT2D eigenvalue weighted by molar-refractivity contribution is 7.80. The third-order valence-electron chi connectivity index (χ3n) is 2.76. The average molecular weight is 285 g/mol. The molecule has 0 saturated carbocycles. The summed E-state index contributed by atoms with van der Waals surface area (Å²) in [6.45, 7) is 0. The monoisotopic (exact) mass is 285 g/mol. The summed E-state index contributed by atoms with van der Waals surface area (Å²) >= 11 is 6.61. The molecule has 3 nitrogen and oxygen atoms in total. The smallest absolute Gasteiger partial charge is 0.122 e. The second-order valence-corrected chi connectivity index (χ2v) is 5.48. The van der Waals surface area contributed by atoms with E-state index in [-0.39, 0.29) is 0 Å². The quantitative estimate of drug-likeness (QED) is 0.721. The van der Waals surface area contributed by atoms with E-state index in [0.29, 0.717) is 10.7 Å². The van der Waals surface area contributed by atoms with Gasteiger partial charge >= 0.3 is 0 Å². The Morgan fingerprint density at radius 2 is 2.00 bits per heavy atom. The van der Waals surface area contributed by atoms with Gasteiger partial charge in [-0.25, -0.2) is 0 Å². The van der Waals surface area contributed by atoms with Crippen molar-refractivity contribution in [2.75, 3.05) is 5.32 Å². The summed E-state index contributed by atoms with van der Waals surface area (Å²) in [6, 6.07) is 12.1. The van der Waals surface area contributed by atoms with Crippen LogP contribution in [0.15, 0.2) is 48.0 Å². The number of aromatic nitrogens is 1. The lowest BCUT2D eigenvalue weighted by Crippen LogP contribution is -2.11. The van der Waals surface area contributed by atoms with E-state index in [1.54, 1.807) is 17.5 Å². The minimum Gasteiger partial charge on any atom is -0.388 e. The molecule has 0 amide bonds. The number of hydrogen-bond donors (Lipinski definition) is 2. The maximum atomic E-state index is 5.52. The number of nitrogens with zero attached hydrogens (tertiary/aromatic N) is 1. The van der Waals surface area contributed by atoms with Gasteiger partial charge in [-0.15, -0.1) is 11.3 Å². The minimum absolute atomic E-state index is 0.311. The number of hydrogen-bond acceptors (Lipinski definition) is 4. The molecule has 0 bridgehead atoms. The number of nitrogens with one attached hydrogen (secondary N) is 1. The van der Waals surface area contributed by atoms with Crippen molar-refractivity contribution in [1.82, 2.24) is 4.98 Å². The third kappa shape index (κ3) is 2.57. The van der Waals surface area contributed by atoms with Gasteiger partial charge in [-0.05, 0) is 47.2 Å². The molecule has 3 N–H and O–H groups in total. The number of nitrogens with two attached hydrogens (primary N) is 1. The van der Waals surface area contributed by atoms with Crippen LogP contribution in [-0.4, -0.2) is 9.97 Å². The van der Waals surface area contributed by atoms with Crippen LogP contribution >= 0.6 is 23.6 Å². The fraction of sp³-hybridized carbons (Fsp3) is 0. The Bertz CT molecular complexity index is 732. The molecule has 1 aromatic carbocycles. The Labute approximate surface area is 120 Å². The SMILES string of the molecule is NC(=S)c1ccc(Nc2ccc3sccc3c2)cn1. The van der Waals surface area contributed by atoms with Gasteiger partial charge in [0.1, 0.15) is 4.99 Å². The fourth-order valence-electron chi connectivity index (χ4n) is 1.82. The van der Waals surface area contributed by atoms with Gasteiger partial charge in [-0.2, -0.15) is 0 Å². The number of thiophene rings is 1. The lowest BCUT2D eigenvalue weighted by atomic mass is 10.2. The first kappa shape index (κ1) is 12.1. The standard InChI is InChI=1S/C14H11N3S2/c15-14(18)12-3-1-11(8-16-12)17-10-2-4-13-9(7-10)5-6-19-13/h1-8,17H,(H2,15,18). The Kier molecular flexibility index (Phi) is 3.15. The molecule has 0 fully saturated rings. The van der Waals surface area contributed by atoms with Crippen LogP contribution in [0.2, 0.25) is 0 Å². The topological polar surface area (TPSA) is 50.9 Å². The first-order valence-electron chi connectivity index (χ1n) is 5.72. The van der Waals surface area contributed by atoms with Crippen molar-refractivity contribution in [2.45, 2.75) is 0 Å². The number of thiocarbonyl (C=S) groups is 1. The zero-order valence-corrected chi connectivity index (χ0v) is 11.6. The van der Waals surface area contributed by atoms with Gasteiger partial charge < -0.3 is 11.1 Å². The summed E-state index contributed by atoms with van der Waals surface area (Å²) in [4.78, 5) is 4.51. The van der Waals surface area contributed by atoms with Crippen molar-refractivity contribution in [3.8, 4) is 0 Å². The number of anilines is 2. The molecule has 2 aromatic heterocycles. The molecule has 0 aliphatic carbocycles. The van der Waals surface area contributed by atoms with Crippen molar-refractivity contribution >= 4 is 50.0 Å². The molecule has 5 heteroatoms. The van der Waals surface area contributed by atoms with Gasteiger partial charge in [-0.3, -0.25) is 4.98 Å². The zero-order chi connectivity index (χ0) is 13.2. The first-order valence-corrected chi connectivity index (χ1v) is 7.01. The fourth-order valence-corrected chi connectivity index (χ4v) is 2.72. The van der Waals surface area contributed by atoms with Crippen molar-refractivity contribution in [3.05, 3.63) is 53.7 Å². The van der Waals surface area contributed by atoms with Crippen LogP contribution in [0.5, 0.6) is 0 Å². The lowest BCUT2D eigenvalue weighted by molar-refractivity contribution is 1.29. The maximum Gasteiger partial charge on any atom is 0.122 e. The van der Waals surface area contributed by atoms with E-state index in [0.717, 1.165) is 11.4 Å². The largest absolute Gasteiger partial charge is 0.388 e. The molecule has 3 aromatic rings. The van der Waals surface area contributed by atoms with E-state index >= 15 is 0 Å². The molecule has 3 rings (SSSR count). The lowest BCUT2D eigenvalue weighted by Gasteiger charge is -2.06. The molecule has 0 aliphatic heterocycles. The summed E-state index contributed by atoms with van der Waals surface area (Å²) in [7, 11) is 0. The van der Waals surface area contributed by atoms with Crippen LogP contribution in [0.1, 0.15) is 5.69 Å². The Hall–Kier alpha value is -1.98. The number of benzene rings is 1. The normalized spacial score (nSPS) is 10.5. The third-order valence-corrected chi connectivity index (χ3v) is 3.86. The van der Waals surface area contributed by atoms with Crippen LogP contribution in [0.4, 0.5) is 11.4 Å². The summed E-state index contributed by atoms with van der Waals surface area (Å²) in [5.41, 5.74) is 8.10. The Balaban J connectivity index is 1.85. The van der Waals surface area contributed by atoms with E-state index in [4.69, 9.17) is 18.0 Å². The van der Waals surface area contributed by atoms with E-state index in [9.17, 15) is 0 Å².